The second-order valence-electron chi connectivity index (χ2n) is 6.18. The summed E-state index contributed by atoms with van der Waals surface area (Å²) in [6, 6.07) is 4.67. The molecule has 1 heterocycles. The molecular formula is C16H22N2O6S. The maximum absolute atomic E-state index is 12.7. The lowest BCUT2D eigenvalue weighted by Gasteiger charge is -2.42. The number of para-hydroxylation sites is 1. The van der Waals surface area contributed by atoms with Crippen LogP contribution in [0.2, 0.25) is 0 Å². The number of carboxylic acids is 1. The topological polar surface area (TPSA) is 105 Å². The lowest BCUT2D eigenvalue weighted by Crippen LogP contribution is -2.54. The molecule has 1 aliphatic carbocycles. The van der Waals surface area contributed by atoms with Gasteiger partial charge in [0.2, 0.25) is 10.0 Å². The van der Waals surface area contributed by atoms with Gasteiger partial charge in [0.05, 0.1) is 6.54 Å². The summed E-state index contributed by atoms with van der Waals surface area (Å²) in [7, 11) is -3.73. The van der Waals surface area contributed by atoms with Crippen molar-refractivity contribution in [3.63, 3.8) is 0 Å². The molecule has 0 saturated heterocycles. The molecule has 0 amide bonds. The molecule has 0 bridgehead atoms. The molecule has 1 fully saturated rings. The summed E-state index contributed by atoms with van der Waals surface area (Å²) in [4.78, 5) is 12.8. The molecule has 0 unspecified atom stereocenters. The number of hydrogen-bond donors (Lipinski definition) is 2. The van der Waals surface area contributed by atoms with E-state index >= 15 is 0 Å². The van der Waals surface area contributed by atoms with Gasteiger partial charge in [0.25, 0.3) is 0 Å². The van der Waals surface area contributed by atoms with Crippen molar-refractivity contribution < 1.29 is 27.8 Å². The zero-order valence-corrected chi connectivity index (χ0v) is 14.8. The van der Waals surface area contributed by atoms with E-state index in [9.17, 15) is 13.2 Å². The van der Waals surface area contributed by atoms with E-state index in [1.165, 1.54) is 6.07 Å². The van der Waals surface area contributed by atoms with E-state index in [1.807, 2.05) is 11.8 Å². The first-order chi connectivity index (χ1) is 11.9. The average Bonchev–Trinajstić information content (AvgIpc) is 2.55. The molecule has 1 aliphatic heterocycles. The zero-order chi connectivity index (χ0) is 18.0. The van der Waals surface area contributed by atoms with Gasteiger partial charge in [0, 0.05) is 12.1 Å². The van der Waals surface area contributed by atoms with E-state index in [-0.39, 0.29) is 29.3 Å². The molecule has 8 nitrogen and oxygen atoms in total. The van der Waals surface area contributed by atoms with Crippen LogP contribution in [-0.4, -0.2) is 62.8 Å². The summed E-state index contributed by atoms with van der Waals surface area (Å²) in [6.45, 7) is 3.19. The van der Waals surface area contributed by atoms with Gasteiger partial charge in [-0.2, -0.15) is 0 Å². The van der Waals surface area contributed by atoms with Crippen molar-refractivity contribution in [3.8, 4) is 11.5 Å². The van der Waals surface area contributed by atoms with E-state index in [0.717, 1.165) is 0 Å². The Hall–Kier alpha value is -1.84. The lowest BCUT2D eigenvalue weighted by molar-refractivity contribution is -0.139. The number of aliphatic carboxylic acids is 1. The standard InChI is InChI=1S/C16H22N2O6S/c1-2-18(10-15(19)20)12-8-11(9-12)17-25(21,22)14-5-3-4-13-16(14)24-7-6-23-13/h3-5,11-12,17H,2,6-10H2,1H3,(H,19,20). The molecule has 25 heavy (non-hydrogen) atoms. The molecule has 1 aromatic carbocycles. The molecule has 9 heteroatoms. The van der Waals surface area contributed by atoms with Gasteiger partial charge in [0.15, 0.2) is 11.5 Å². The molecule has 0 atom stereocenters. The number of ether oxygens (including phenoxy) is 2. The molecule has 0 spiro atoms. The van der Waals surface area contributed by atoms with Crippen molar-refractivity contribution >= 4 is 16.0 Å². The van der Waals surface area contributed by atoms with Gasteiger partial charge in [-0.25, -0.2) is 13.1 Å². The Kier molecular flexibility index (Phi) is 5.16. The number of benzene rings is 1. The third-order valence-electron chi connectivity index (χ3n) is 4.52. The highest BCUT2D eigenvalue weighted by Gasteiger charge is 2.37. The first-order valence-electron chi connectivity index (χ1n) is 8.27. The minimum Gasteiger partial charge on any atom is -0.486 e. The van der Waals surface area contributed by atoms with Gasteiger partial charge in [0.1, 0.15) is 18.1 Å². The average molecular weight is 370 g/mol. The fourth-order valence-corrected chi connectivity index (χ4v) is 4.62. The van der Waals surface area contributed by atoms with Gasteiger partial charge in [-0.1, -0.05) is 13.0 Å². The van der Waals surface area contributed by atoms with Crippen LogP contribution < -0.4 is 14.2 Å². The van der Waals surface area contributed by atoms with Crippen molar-refractivity contribution in [2.75, 3.05) is 26.3 Å². The Morgan fingerprint density at radius 1 is 1.32 bits per heavy atom. The zero-order valence-electron chi connectivity index (χ0n) is 14.0. The van der Waals surface area contributed by atoms with E-state index < -0.39 is 16.0 Å². The molecule has 1 saturated carbocycles. The Bertz CT molecular complexity index is 745. The largest absolute Gasteiger partial charge is 0.486 e. The molecule has 0 radical (unpaired) electrons. The Morgan fingerprint density at radius 3 is 2.72 bits per heavy atom. The molecule has 0 aromatic heterocycles. The maximum atomic E-state index is 12.7. The lowest BCUT2D eigenvalue weighted by atomic mass is 9.86. The highest BCUT2D eigenvalue weighted by atomic mass is 32.2. The van der Waals surface area contributed by atoms with E-state index in [2.05, 4.69) is 4.72 Å². The summed E-state index contributed by atoms with van der Waals surface area (Å²) < 4.78 is 38.9. The van der Waals surface area contributed by atoms with Crippen molar-refractivity contribution in [1.82, 2.24) is 9.62 Å². The van der Waals surface area contributed by atoms with Crippen LogP contribution in [0.1, 0.15) is 19.8 Å². The van der Waals surface area contributed by atoms with Gasteiger partial charge in [-0.3, -0.25) is 9.69 Å². The van der Waals surface area contributed by atoms with Crippen LogP contribution in [0.3, 0.4) is 0 Å². The first kappa shape index (κ1) is 18.0. The fraction of sp³-hybridized carbons (Fsp3) is 0.562. The van der Waals surface area contributed by atoms with Crippen LogP contribution in [0, 0.1) is 0 Å². The number of fused-ring (bicyclic) bond motifs is 1. The monoisotopic (exact) mass is 370 g/mol. The third-order valence-corrected chi connectivity index (χ3v) is 6.06. The molecule has 2 aliphatic rings. The third kappa shape index (κ3) is 3.88. The normalized spacial score (nSPS) is 22.5. The fourth-order valence-electron chi connectivity index (χ4n) is 3.20. The quantitative estimate of drug-likeness (QED) is 0.727. The number of nitrogens with one attached hydrogen (secondary N) is 1. The van der Waals surface area contributed by atoms with Crippen LogP contribution in [-0.2, 0) is 14.8 Å². The van der Waals surface area contributed by atoms with Crippen molar-refractivity contribution in [2.24, 2.45) is 0 Å². The predicted molar refractivity (Wildman–Crippen MR) is 89.4 cm³/mol. The first-order valence-corrected chi connectivity index (χ1v) is 9.76. The number of rotatable bonds is 7. The predicted octanol–water partition coefficient (Wildman–Crippen LogP) is 0.674. The Morgan fingerprint density at radius 2 is 2.04 bits per heavy atom. The minimum absolute atomic E-state index is 0.0298. The molecule has 3 rings (SSSR count). The van der Waals surface area contributed by atoms with Crippen LogP contribution in [0.5, 0.6) is 11.5 Å². The number of hydrogen-bond acceptors (Lipinski definition) is 6. The van der Waals surface area contributed by atoms with Crippen LogP contribution in [0.25, 0.3) is 0 Å². The summed E-state index contributed by atoms with van der Waals surface area (Å²) in [5, 5.41) is 8.92. The molecular weight excluding hydrogens is 348 g/mol. The van der Waals surface area contributed by atoms with Crippen LogP contribution in [0.15, 0.2) is 23.1 Å². The summed E-state index contributed by atoms with van der Waals surface area (Å²) in [5.74, 6) is -0.198. The number of carbonyl (C=O) groups is 1. The van der Waals surface area contributed by atoms with Crippen molar-refractivity contribution in [1.29, 1.82) is 0 Å². The van der Waals surface area contributed by atoms with Gasteiger partial charge >= 0.3 is 5.97 Å². The highest BCUT2D eigenvalue weighted by molar-refractivity contribution is 7.89. The summed E-state index contributed by atoms with van der Waals surface area (Å²) >= 11 is 0. The van der Waals surface area contributed by atoms with Crippen LogP contribution >= 0.6 is 0 Å². The number of nitrogens with zero attached hydrogens (tertiary/aromatic N) is 1. The minimum atomic E-state index is -3.73. The summed E-state index contributed by atoms with van der Waals surface area (Å²) in [5.41, 5.74) is 0. The van der Waals surface area contributed by atoms with E-state index in [4.69, 9.17) is 14.6 Å². The SMILES string of the molecule is CCN(CC(=O)O)C1CC(NS(=O)(=O)c2cccc3c2OCCO3)C1. The van der Waals surface area contributed by atoms with E-state index in [1.54, 1.807) is 12.1 Å². The highest BCUT2D eigenvalue weighted by Crippen LogP contribution is 2.37. The second-order valence-corrected chi connectivity index (χ2v) is 7.86. The Balaban J connectivity index is 1.65. The molecule has 1 aromatic rings. The number of likely N-dealkylation sites (N-methyl/N-ethyl adjacent to an activating group) is 1. The van der Waals surface area contributed by atoms with Gasteiger partial charge in [-0.15, -0.1) is 0 Å². The maximum Gasteiger partial charge on any atom is 0.317 e. The van der Waals surface area contributed by atoms with Gasteiger partial charge in [-0.05, 0) is 31.5 Å². The molecule has 138 valence electrons. The smallest absolute Gasteiger partial charge is 0.317 e. The van der Waals surface area contributed by atoms with Crippen LogP contribution in [0.4, 0.5) is 0 Å². The number of carboxylic acid groups (broad SMARTS) is 1. The van der Waals surface area contributed by atoms with Gasteiger partial charge < -0.3 is 14.6 Å². The molecule has 2 N–H and O–H groups in total. The Labute approximate surface area is 146 Å². The van der Waals surface area contributed by atoms with E-state index in [0.29, 0.717) is 38.3 Å². The van der Waals surface area contributed by atoms with Crippen molar-refractivity contribution in [2.45, 2.75) is 36.7 Å². The van der Waals surface area contributed by atoms with Crippen molar-refractivity contribution in [3.05, 3.63) is 18.2 Å². The number of sulfonamides is 1. The second kappa shape index (κ2) is 7.19. The summed E-state index contributed by atoms with van der Waals surface area (Å²) in [6.07, 6.45) is 1.18.